The first-order chi connectivity index (χ1) is 7.56. The number of likely N-dealkylation sites (N-methyl/N-ethyl adjacent to an activating group) is 1. The fraction of sp³-hybridized carbons (Fsp3) is 0.583. The second-order valence-electron chi connectivity index (χ2n) is 4.24. The van der Waals surface area contributed by atoms with Gasteiger partial charge in [-0.1, -0.05) is 20.3 Å². The van der Waals surface area contributed by atoms with Crippen molar-refractivity contribution in [1.29, 1.82) is 0 Å². The molecule has 1 heterocycles. The lowest BCUT2D eigenvalue weighted by molar-refractivity contribution is -0.132. The zero-order chi connectivity index (χ0) is 12.1. The van der Waals surface area contributed by atoms with E-state index in [1.807, 2.05) is 25.4 Å². The van der Waals surface area contributed by atoms with Crippen LogP contribution in [-0.2, 0) is 11.3 Å². The average molecular weight is 240 g/mol. The molecule has 90 valence electrons. The van der Waals surface area contributed by atoms with Gasteiger partial charge in [0, 0.05) is 13.6 Å². The van der Waals surface area contributed by atoms with Gasteiger partial charge in [0.2, 0.25) is 5.91 Å². The Morgan fingerprint density at radius 1 is 1.62 bits per heavy atom. The molecule has 1 amide bonds. The van der Waals surface area contributed by atoms with Crippen molar-refractivity contribution in [2.75, 3.05) is 7.05 Å². The Morgan fingerprint density at radius 3 is 2.81 bits per heavy atom. The maximum absolute atomic E-state index is 12.0. The van der Waals surface area contributed by atoms with Gasteiger partial charge < -0.3 is 10.6 Å². The van der Waals surface area contributed by atoms with Crippen molar-refractivity contribution in [1.82, 2.24) is 4.90 Å². The Morgan fingerprint density at radius 2 is 2.31 bits per heavy atom. The third-order valence-corrected chi connectivity index (χ3v) is 3.65. The quantitative estimate of drug-likeness (QED) is 0.856. The number of nitrogens with two attached hydrogens (primary N) is 1. The zero-order valence-corrected chi connectivity index (χ0v) is 11.0. The van der Waals surface area contributed by atoms with E-state index >= 15 is 0 Å². The highest BCUT2D eigenvalue weighted by Gasteiger charge is 2.22. The van der Waals surface area contributed by atoms with E-state index in [4.69, 9.17) is 5.73 Å². The third kappa shape index (κ3) is 3.32. The number of hydrogen-bond donors (Lipinski definition) is 1. The molecule has 16 heavy (non-hydrogen) atoms. The Hall–Kier alpha value is -0.870. The maximum Gasteiger partial charge on any atom is 0.239 e. The normalized spacial score (nSPS) is 14.5. The summed E-state index contributed by atoms with van der Waals surface area (Å²) in [5.74, 6) is 0.262. The van der Waals surface area contributed by atoms with Gasteiger partial charge in [0.05, 0.1) is 6.04 Å². The molecule has 0 aliphatic rings. The van der Waals surface area contributed by atoms with E-state index in [2.05, 4.69) is 12.3 Å². The minimum atomic E-state index is -0.381. The molecule has 0 aliphatic heterocycles. The molecule has 0 bridgehead atoms. The van der Waals surface area contributed by atoms with Crippen LogP contribution >= 0.6 is 11.3 Å². The Balaban J connectivity index is 2.53. The second-order valence-corrected chi connectivity index (χ2v) is 5.02. The fourth-order valence-corrected chi connectivity index (χ4v) is 2.15. The van der Waals surface area contributed by atoms with Crippen molar-refractivity contribution < 1.29 is 4.79 Å². The lowest BCUT2D eigenvalue weighted by Gasteiger charge is -2.24. The topological polar surface area (TPSA) is 46.3 Å². The van der Waals surface area contributed by atoms with Crippen LogP contribution < -0.4 is 5.73 Å². The molecule has 0 saturated heterocycles. The first-order valence-corrected chi connectivity index (χ1v) is 6.52. The summed E-state index contributed by atoms with van der Waals surface area (Å²) < 4.78 is 0. The van der Waals surface area contributed by atoms with Gasteiger partial charge in [-0.05, 0) is 28.3 Å². The summed E-state index contributed by atoms with van der Waals surface area (Å²) in [6.45, 7) is 4.71. The van der Waals surface area contributed by atoms with Gasteiger partial charge in [-0.3, -0.25) is 4.79 Å². The van der Waals surface area contributed by atoms with Gasteiger partial charge in [0.1, 0.15) is 0 Å². The Bertz CT molecular complexity index is 324. The molecule has 0 aromatic carbocycles. The zero-order valence-electron chi connectivity index (χ0n) is 10.1. The van der Waals surface area contributed by atoms with Gasteiger partial charge in [0.25, 0.3) is 0 Å². The number of rotatable bonds is 5. The van der Waals surface area contributed by atoms with Crippen molar-refractivity contribution in [2.24, 2.45) is 11.7 Å². The summed E-state index contributed by atoms with van der Waals surface area (Å²) in [4.78, 5) is 13.7. The number of amides is 1. The molecule has 0 spiro atoms. The minimum absolute atomic E-state index is 0.0283. The number of carbonyl (C=O) groups excluding carboxylic acids is 1. The molecular formula is C12H20N2OS. The van der Waals surface area contributed by atoms with Crippen LogP contribution in [0.3, 0.4) is 0 Å². The van der Waals surface area contributed by atoms with Crippen molar-refractivity contribution in [3.8, 4) is 0 Å². The van der Waals surface area contributed by atoms with E-state index in [0.717, 1.165) is 12.0 Å². The number of hydrogen-bond acceptors (Lipinski definition) is 3. The molecule has 4 heteroatoms. The van der Waals surface area contributed by atoms with Gasteiger partial charge >= 0.3 is 0 Å². The van der Waals surface area contributed by atoms with Crippen LogP contribution in [0.1, 0.15) is 25.8 Å². The smallest absolute Gasteiger partial charge is 0.239 e. The number of nitrogens with zero attached hydrogens (tertiary/aromatic N) is 1. The predicted octanol–water partition coefficient (Wildman–Crippen LogP) is 2.08. The van der Waals surface area contributed by atoms with Crippen LogP contribution in [-0.4, -0.2) is 23.9 Å². The summed E-state index contributed by atoms with van der Waals surface area (Å²) in [6.07, 6.45) is 0.930. The maximum atomic E-state index is 12.0. The Kier molecular flexibility index (Phi) is 4.96. The van der Waals surface area contributed by atoms with Crippen LogP contribution in [0.5, 0.6) is 0 Å². The number of carbonyl (C=O) groups is 1. The highest BCUT2D eigenvalue weighted by Crippen LogP contribution is 2.12. The molecule has 1 aromatic heterocycles. The molecule has 3 nitrogen and oxygen atoms in total. The third-order valence-electron chi connectivity index (χ3n) is 2.92. The van der Waals surface area contributed by atoms with E-state index in [9.17, 15) is 4.79 Å². The van der Waals surface area contributed by atoms with Crippen molar-refractivity contribution in [2.45, 2.75) is 32.9 Å². The molecule has 0 saturated carbocycles. The SMILES string of the molecule is CC[C@H](C)[C@H](N)C(=O)N(C)Cc1ccsc1. The van der Waals surface area contributed by atoms with Crippen LogP contribution in [0.2, 0.25) is 0 Å². The van der Waals surface area contributed by atoms with Crippen LogP contribution in [0, 0.1) is 5.92 Å². The molecule has 0 unspecified atom stereocenters. The summed E-state index contributed by atoms with van der Waals surface area (Å²) in [5.41, 5.74) is 7.08. The minimum Gasteiger partial charge on any atom is -0.340 e. The largest absolute Gasteiger partial charge is 0.340 e. The Labute approximate surface area is 101 Å². The predicted molar refractivity (Wildman–Crippen MR) is 68.2 cm³/mol. The second kappa shape index (κ2) is 6.01. The summed E-state index contributed by atoms with van der Waals surface area (Å²) in [7, 11) is 1.81. The van der Waals surface area contributed by atoms with Crippen molar-refractivity contribution in [3.63, 3.8) is 0 Å². The molecule has 0 radical (unpaired) electrons. The monoisotopic (exact) mass is 240 g/mol. The standard InChI is InChI=1S/C12H20N2OS/c1-4-9(2)11(13)12(15)14(3)7-10-5-6-16-8-10/h5-6,8-9,11H,4,7,13H2,1-3H3/t9-,11-/m0/s1. The highest BCUT2D eigenvalue weighted by atomic mass is 32.1. The molecule has 1 rings (SSSR count). The van der Waals surface area contributed by atoms with Gasteiger partial charge in [-0.15, -0.1) is 0 Å². The van der Waals surface area contributed by atoms with Crippen LogP contribution in [0.4, 0.5) is 0 Å². The first kappa shape index (κ1) is 13.2. The van der Waals surface area contributed by atoms with E-state index in [-0.39, 0.29) is 17.9 Å². The van der Waals surface area contributed by atoms with Gasteiger partial charge in [-0.2, -0.15) is 11.3 Å². The molecule has 0 fully saturated rings. The van der Waals surface area contributed by atoms with Gasteiger partial charge in [-0.25, -0.2) is 0 Å². The van der Waals surface area contributed by atoms with Gasteiger partial charge in [0.15, 0.2) is 0 Å². The van der Waals surface area contributed by atoms with E-state index < -0.39 is 0 Å². The summed E-state index contributed by atoms with van der Waals surface area (Å²) >= 11 is 1.64. The summed E-state index contributed by atoms with van der Waals surface area (Å²) in [6, 6.07) is 1.65. The van der Waals surface area contributed by atoms with Crippen LogP contribution in [0.15, 0.2) is 16.8 Å². The van der Waals surface area contributed by atoms with Crippen molar-refractivity contribution in [3.05, 3.63) is 22.4 Å². The summed E-state index contributed by atoms with van der Waals surface area (Å²) in [5, 5.41) is 4.07. The average Bonchev–Trinajstić information content (AvgIpc) is 2.78. The lowest BCUT2D eigenvalue weighted by atomic mass is 9.99. The van der Waals surface area contributed by atoms with E-state index in [1.165, 1.54) is 0 Å². The molecule has 2 atom stereocenters. The fourth-order valence-electron chi connectivity index (χ4n) is 1.49. The molecule has 2 N–H and O–H groups in total. The highest BCUT2D eigenvalue weighted by molar-refractivity contribution is 7.07. The number of thiophene rings is 1. The van der Waals surface area contributed by atoms with E-state index in [0.29, 0.717) is 6.54 Å². The van der Waals surface area contributed by atoms with Crippen molar-refractivity contribution >= 4 is 17.2 Å². The van der Waals surface area contributed by atoms with E-state index in [1.54, 1.807) is 16.2 Å². The molecule has 1 aromatic rings. The van der Waals surface area contributed by atoms with Crippen LogP contribution in [0.25, 0.3) is 0 Å². The first-order valence-electron chi connectivity index (χ1n) is 5.57. The lowest BCUT2D eigenvalue weighted by Crippen LogP contribution is -2.45. The molecular weight excluding hydrogens is 220 g/mol. The molecule has 0 aliphatic carbocycles.